The zero-order chi connectivity index (χ0) is 13.7. The lowest BCUT2D eigenvalue weighted by molar-refractivity contribution is 0.0947. The molecule has 104 valence electrons. The summed E-state index contributed by atoms with van der Waals surface area (Å²) >= 11 is 11.7. The molecule has 1 saturated heterocycles. The molecule has 0 aromatic carbocycles. The lowest BCUT2D eigenvalue weighted by atomic mass is 10.3. The van der Waals surface area contributed by atoms with Crippen molar-refractivity contribution in [3.63, 3.8) is 0 Å². The molecule has 1 amide bonds. The van der Waals surface area contributed by atoms with E-state index in [-0.39, 0.29) is 16.8 Å². The lowest BCUT2D eigenvalue weighted by Crippen LogP contribution is -2.29. The first-order valence-electron chi connectivity index (χ1n) is 6.49. The fraction of sp³-hybridized carbons (Fsp3) is 0.538. The average molecular weight is 302 g/mol. The van der Waals surface area contributed by atoms with Crippen molar-refractivity contribution in [3.05, 3.63) is 28.0 Å². The summed E-state index contributed by atoms with van der Waals surface area (Å²) in [6, 6.07) is 3.14. The highest BCUT2D eigenvalue weighted by molar-refractivity contribution is 6.34. The number of rotatable bonds is 5. The zero-order valence-electron chi connectivity index (χ0n) is 10.7. The second-order valence-corrected chi connectivity index (χ2v) is 5.42. The van der Waals surface area contributed by atoms with Gasteiger partial charge in [0.25, 0.3) is 5.91 Å². The Morgan fingerprint density at radius 1 is 1.32 bits per heavy atom. The Hall–Kier alpha value is -0.840. The SMILES string of the molecule is O=C(NCCCN1CCCC1)c1nc(Cl)ccc1Cl. The van der Waals surface area contributed by atoms with E-state index < -0.39 is 0 Å². The monoisotopic (exact) mass is 301 g/mol. The minimum Gasteiger partial charge on any atom is -0.351 e. The Morgan fingerprint density at radius 2 is 2.05 bits per heavy atom. The molecule has 0 bridgehead atoms. The summed E-state index contributed by atoms with van der Waals surface area (Å²) < 4.78 is 0. The maximum Gasteiger partial charge on any atom is 0.271 e. The Kier molecular flexibility index (Phi) is 5.43. The molecule has 6 heteroatoms. The Bertz CT molecular complexity index is 448. The molecule has 1 aromatic heterocycles. The lowest BCUT2D eigenvalue weighted by Gasteiger charge is -2.14. The topological polar surface area (TPSA) is 45.2 Å². The van der Waals surface area contributed by atoms with Gasteiger partial charge in [0.15, 0.2) is 0 Å². The maximum atomic E-state index is 11.9. The van der Waals surface area contributed by atoms with Gasteiger partial charge in [-0.05, 0) is 51.0 Å². The zero-order valence-corrected chi connectivity index (χ0v) is 12.2. The maximum absolute atomic E-state index is 11.9. The molecule has 2 rings (SSSR count). The quantitative estimate of drug-likeness (QED) is 0.672. The van der Waals surface area contributed by atoms with E-state index in [2.05, 4.69) is 15.2 Å². The van der Waals surface area contributed by atoms with Gasteiger partial charge in [0.2, 0.25) is 0 Å². The number of aromatic nitrogens is 1. The van der Waals surface area contributed by atoms with Gasteiger partial charge in [-0.2, -0.15) is 0 Å². The van der Waals surface area contributed by atoms with Crippen LogP contribution in [0, 0.1) is 0 Å². The number of nitrogens with zero attached hydrogens (tertiary/aromatic N) is 2. The summed E-state index contributed by atoms with van der Waals surface area (Å²) in [4.78, 5) is 18.2. The first-order chi connectivity index (χ1) is 9.16. The highest BCUT2D eigenvalue weighted by Crippen LogP contribution is 2.16. The molecule has 2 heterocycles. The molecule has 19 heavy (non-hydrogen) atoms. The van der Waals surface area contributed by atoms with Crippen LogP contribution in [0.3, 0.4) is 0 Å². The van der Waals surface area contributed by atoms with Gasteiger partial charge >= 0.3 is 0 Å². The second kappa shape index (κ2) is 7.08. The van der Waals surface area contributed by atoms with E-state index in [0.29, 0.717) is 11.6 Å². The molecule has 4 nitrogen and oxygen atoms in total. The first-order valence-corrected chi connectivity index (χ1v) is 7.25. The van der Waals surface area contributed by atoms with Crippen molar-refractivity contribution in [2.24, 2.45) is 0 Å². The average Bonchev–Trinajstić information content (AvgIpc) is 2.90. The van der Waals surface area contributed by atoms with Crippen molar-refractivity contribution in [1.29, 1.82) is 0 Å². The van der Waals surface area contributed by atoms with Gasteiger partial charge < -0.3 is 10.2 Å². The van der Waals surface area contributed by atoms with E-state index >= 15 is 0 Å². The van der Waals surface area contributed by atoms with E-state index in [1.54, 1.807) is 12.1 Å². The van der Waals surface area contributed by atoms with Crippen LogP contribution in [0.1, 0.15) is 29.8 Å². The molecule has 0 radical (unpaired) electrons. The van der Waals surface area contributed by atoms with Gasteiger partial charge in [-0.25, -0.2) is 4.98 Å². The molecule has 1 N–H and O–H groups in total. The predicted octanol–water partition coefficient (Wildman–Crippen LogP) is 2.60. The normalized spacial score (nSPS) is 15.7. The number of hydrogen-bond acceptors (Lipinski definition) is 3. The largest absolute Gasteiger partial charge is 0.351 e. The third-order valence-corrected chi connectivity index (χ3v) is 3.68. The molecule has 0 spiro atoms. The number of halogens is 2. The number of amides is 1. The molecular formula is C13H17Cl2N3O. The molecule has 1 aromatic rings. The summed E-state index contributed by atoms with van der Waals surface area (Å²) in [6.45, 7) is 4.00. The van der Waals surface area contributed by atoms with Crippen LogP contribution < -0.4 is 5.32 Å². The van der Waals surface area contributed by atoms with Gasteiger partial charge in [-0.3, -0.25) is 4.79 Å². The molecule has 0 unspecified atom stereocenters. The third-order valence-electron chi connectivity index (χ3n) is 3.16. The van der Waals surface area contributed by atoms with Gasteiger partial charge in [0.1, 0.15) is 10.8 Å². The van der Waals surface area contributed by atoms with Crippen LogP contribution in [0.5, 0.6) is 0 Å². The van der Waals surface area contributed by atoms with Crippen molar-refractivity contribution in [3.8, 4) is 0 Å². The van der Waals surface area contributed by atoms with Crippen molar-refractivity contribution < 1.29 is 4.79 Å². The van der Waals surface area contributed by atoms with Crippen LogP contribution in [0.25, 0.3) is 0 Å². The standard InChI is InChI=1S/C13H17Cl2N3O/c14-10-4-5-11(15)17-12(10)13(19)16-6-3-9-18-7-1-2-8-18/h4-5H,1-3,6-9H2,(H,16,19). The second-order valence-electron chi connectivity index (χ2n) is 4.62. The molecule has 1 aliphatic rings. The van der Waals surface area contributed by atoms with Crippen LogP contribution in [0.4, 0.5) is 0 Å². The van der Waals surface area contributed by atoms with Gasteiger partial charge in [-0.1, -0.05) is 23.2 Å². The predicted molar refractivity (Wildman–Crippen MR) is 76.9 cm³/mol. The van der Waals surface area contributed by atoms with E-state index in [4.69, 9.17) is 23.2 Å². The number of carbonyl (C=O) groups is 1. The Balaban J connectivity index is 1.75. The van der Waals surface area contributed by atoms with Crippen LogP contribution in [0.15, 0.2) is 12.1 Å². The Labute approximate surface area is 123 Å². The molecule has 0 saturated carbocycles. The van der Waals surface area contributed by atoms with Crippen LogP contribution >= 0.6 is 23.2 Å². The van der Waals surface area contributed by atoms with Crippen molar-refractivity contribution >= 4 is 29.1 Å². The first kappa shape index (κ1) is 14.6. The van der Waals surface area contributed by atoms with Crippen LogP contribution in [-0.2, 0) is 0 Å². The number of pyridine rings is 1. The van der Waals surface area contributed by atoms with E-state index in [9.17, 15) is 4.79 Å². The summed E-state index contributed by atoms with van der Waals surface area (Å²) in [7, 11) is 0. The fourth-order valence-corrected chi connectivity index (χ4v) is 2.51. The minimum absolute atomic E-state index is 0.190. The third kappa shape index (κ3) is 4.34. The summed E-state index contributed by atoms with van der Waals surface area (Å²) in [5, 5.41) is 3.41. The van der Waals surface area contributed by atoms with Crippen LogP contribution in [-0.4, -0.2) is 42.0 Å². The minimum atomic E-state index is -0.270. The van der Waals surface area contributed by atoms with Crippen LogP contribution in [0.2, 0.25) is 10.2 Å². The molecular weight excluding hydrogens is 285 g/mol. The Morgan fingerprint density at radius 3 is 2.79 bits per heavy atom. The number of carbonyl (C=O) groups excluding carboxylic acids is 1. The summed E-state index contributed by atoms with van der Waals surface area (Å²) in [5.74, 6) is -0.270. The highest BCUT2D eigenvalue weighted by Gasteiger charge is 2.13. The summed E-state index contributed by atoms with van der Waals surface area (Å²) in [6.07, 6.45) is 3.51. The smallest absolute Gasteiger partial charge is 0.271 e. The van der Waals surface area contributed by atoms with Crippen molar-refractivity contribution in [2.45, 2.75) is 19.3 Å². The van der Waals surface area contributed by atoms with Gasteiger partial charge in [-0.15, -0.1) is 0 Å². The van der Waals surface area contributed by atoms with Crippen molar-refractivity contribution in [1.82, 2.24) is 15.2 Å². The number of nitrogens with one attached hydrogen (secondary N) is 1. The van der Waals surface area contributed by atoms with E-state index in [1.807, 2.05) is 0 Å². The van der Waals surface area contributed by atoms with E-state index in [1.165, 1.54) is 25.9 Å². The fourth-order valence-electron chi connectivity index (χ4n) is 2.17. The van der Waals surface area contributed by atoms with Gasteiger partial charge in [0, 0.05) is 6.54 Å². The van der Waals surface area contributed by atoms with E-state index in [0.717, 1.165) is 13.0 Å². The highest BCUT2D eigenvalue weighted by atomic mass is 35.5. The number of hydrogen-bond donors (Lipinski definition) is 1. The van der Waals surface area contributed by atoms with Gasteiger partial charge in [0.05, 0.1) is 5.02 Å². The van der Waals surface area contributed by atoms with Crippen molar-refractivity contribution in [2.75, 3.05) is 26.2 Å². The molecule has 0 aliphatic carbocycles. The number of likely N-dealkylation sites (tertiary alicyclic amines) is 1. The molecule has 0 atom stereocenters. The molecule has 1 fully saturated rings. The summed E-state index contributed by atoms with van der Waals surface area (Å²) in [5.41, 5.74) is 0.190. The molecule has 1 aliphatic heterocycles.